The number of imide groups is 1. The lowest BCUT2D eigenvalue weighted by molar-refractivity contribution is -0.146. The molecule has 1 rings (SSSR count). The zero-order valence-electron chi connectivity index (χ0n) is 12.2. The van der Waals surface area contributed by atoms with Gasteiger partial charge in [0.05, 0.1) is 13.1 Å². The fraction of sp³-hybridized carbons (Fsp3) is 0.667. The SMILES string of the molecule is CC(C)(C)NC(=O)NC(=O)CN1CC(=O)NCC1C(=O)O. The molecule has 0 bridgehead atoms. The van der Waals surface area contributed by atoms with Crippen molar-refractivity contribution in [1.82, 2.24) is 20.9 Å². The molecule has 1 fully saturated rings. The number of amides is 4. The van der Waals surface area contributed by atoms with Gasteiger partial charge in [0.25, 0.3) is 0 Å². The number of carbonyl (C=O) groups is 4. The van der Waals surface area contributed by atoms with Gasteiger partial charge in [0.2, 0.25) is 11.8 Å². The zero-order chi connectivity index (χ0) is 16.2. The van der Waals surface area contributed by atoms with Crippen molar-refractivity contribution >= 4 is 23.8 Å². The van der Waals surface area contributed by atoms with Gasteiger partial charge in [-0.3, -0.25) is 24.6 Å². The normalized spacial score (nSPS) is 19.6. The van der Waals surface area contributed by atoms with E-state index in [4.69, 9.17) is 5.11 Å². The van der Waals surface area contributed by atoms with Gasteiger partial charge < -0.3 is 15.7 Å². The first-order valence-electron chi connectivity index (χ1n) is 6.44. The monoisotopic (exact) mass is 300 g/mol. The van der Waals surface area contributed by atoms with Crippen LogP contribution in [0.15, 0.2) is 0 Å². The van der Waals surface area contributed by atoms with Gasteiger partial charge in [0.1, 0.15) is 6.04 Å². The molecule has 0 aliphatic carbocycles. The van der Waals surface area contributed by atoms with Gasteiger partial charge in [0, 0.05) is 12.1 Å². The van der Waals surface area contributed by atoms with E-state index < -0.39 is 29.5 Å². The Bertz CT molecular complexity index is 457. The summed E-state index contributed by atoms with van der Waals surface area (Å²) in [7, 11) is 0. The molecule has 1 unspecified atom stereocenters. The topological polar surface area (TPSA) is 128 Å². The predicted molar refractivity (Wildman–Crippen MR) is 72.4 cm³/mol. The van der Waals surface area contributed by atoms with E-state index in [9.17, 15) is 19.2 Å². The molecule has 118 valence electrons. The fourth-order valence-electron chi connectivity index (χ4n) is 1.82. The summed E-state index contributed by atoms with van der Waals surface area (Å²) in [6.45, 7) is 4.65. The highest BCUT2D eigenvalue weighted by Crippen LogP contribution is 2.04. The van der Waals surface area contributed by atoms with Crippen molar-refractivity contribution in [3.63, 3.8) is 0 Å². The molecule has 1 aliphatic heterocycles. The maximum Gasteiger partial charge on any atom is 0.322 e. The third-order valence-corrected chi connectivity index (χ3v) is 2.65. The Hall–Kier alpha value is -2.16. The molecule has 1 atom stereocenters. The second-order valence-electron chi connectivity index (χ2n) is 5.82. The second-order valence-corrected chi connectivity index (χ2v) is 5.82. The van der Waals surface area contributed by atoms with E-state index in [0.717, 1.165) is 0 Å². The third-order valence-electron chi connectivity index (χ3n) is 2.65. The van der Waals surface area contributed by atoms with Crippen LogP contribution in [-0.4, -0.2) is 65.0 Å². The molecule has 21 heavy (non-hydrogen) atoms. The van der Waals surface area contributed by atoms with Gasteiger partial charge in [-0.2, -0.15) is 0 Å². The average Bonchev–Trinajstić information content (AvgIpc) is 2.24. The molecule has 0 radical (unpaired) electrons. The number of piperazine rings is 1. The average molecular weight is 300 g/mol. The molecule has 1 saturated heterocycles. The van der Waals surface area contributed by atoms with Crippen LogP contribution in [0.5, 0.6) is 0 Å². The van der Waals surface area contributed by atoms with Crippen LogP contribution in [0.25, 0.3) is 0 Å². The number of nitrogens with one attached hydrogen (secondary N) is 3. The Morgan fingerprint density at radius 3 is 2.52 bits per heavy atom. The second kappa shape index (κ2) is 6.53. The quantitative estimate of drug-likeness (QED) is 0.502. The zero-order valence-corrected chi connectivity index (χ0v) is 12.2. The van der Waals surface area contributed by atoms with Gasteiger partial charge in [-0.1, -0.05) is 0 Å². The molecule has 0 aromatic carbocycles. The first kappa shape index (κ1) is 16.9. The summed E-state index contributed by atoms with van der Waals surface area (Å²) in [5.41, 5.74) is -0.501. The summed E-state index contributed by atoms with van der Waals surface area (Å²) in [6, 6.07) is -1.65. The van der Waals surface area contributed by atoms with E-state index in [1.54, 1.807) is 20.8 Å². The predicted octanol–water partition coefficient (Wildman–Crippen LogP) is -1.50. The lowest BCUT2D eigenvalue weighted by Gasteiger charge is -2.31. The first-order chi connectivity index (χ1) is 9.58. The third kappa shape index (κ3) is 5.78. The molecular formula is C12H20N4O5. The highest BCUT2D eigenvalue weighted by molar-refractivity contribution is 5.96. The van der Waals surface area contributed by atoms with Crippen molar-refractivity contribution in [3.8, 4) is 0 Å². The van der Waals surface area contributed by atoms with E-state index in [2.05, 4.69) is 16.0 Å². The Morgan fingerprint density at radius 2 is 2.00 bits per heavy atom. The minimum Gasteiger partial charge on any atom is -0.480 e. The van der Waals surface area contributed by atoms with Crippen LogP contribution in [-0.2, 0) is 14.4 Å². The summed E-state index contributed by atoms with van der Waals surface area (Å²) >= 11 is 0. The lowest BCUT2D eigenvalue weighted by atomic mass is 10.1. The molecular weight excluding hydrogens is 280 g/mol. The number of hydrogen-bond donors (Lipinski definition) is 4. The molecule has 9 nitrogen and oxygen atoms in total. The van der Waals surface area contributed by atoms with Crippen molar-refractivity contribution in [2.75, 3.05) is 19.6 Å². The Labute approximate surface area is 122 Å². The molecule has 0 saturated carbocycles. The molecule has 4 amide bonds. The lowest BCUT2D eigenvalue weighted by Crippen LogP contribution is -2.60. The smallest absolute Gasteiger partial charge is 0.322 e. The number of aliphatic carboxylic acids is 1. The number of carboxylic acids is 1. The van der Waals surface area contributed by atoms with E-state index in [0.29, 0.717) is 0 Å². The van der Waals surface area contributed by atoms with Crippen molar-refractivity contribution in [3.05, 3.63) is 0 Å². The maximum absolute atomic E-state index is 11.7. The minimum absolute atomic E-state index is 0.0738. The molecule has 9 heteroatoms. The standard InChI is InChI=1S/C12H20N4O5/c1-12(2,3)15-11(21)14-9(18)6-16-5-8(17)13-4-7(16)10(19)20/h7H,4-6H2,1-3H3,(H,13,17)(H,19,20)(H2,14,15,18,21). The highest BCUT2D eigenvalue weighted by atomic mass is 16.4. The maximum atomic E-state index is 11.7. The van der Waals surface area contributed by atoms with Crippen LogP contribution in [0.1, 0.15) is 20.8 Å². The summed E-state index contributed by atoms with van der Waals surface area (Å²) in [5.74, 6) is -2.17. The molecule has 0 aromatic rings. The summed E-state index contributed by atoms with van der Waals surface area (Å²) < 4.78 is 0. The minimum atomic E-state index is -1.14. The molecule has 0 spiro atoms. The van der Waals surface area contributed by atoms with Crippen molar-refractivity contribution in [1.29, 1.82) is 0 Å². The van der Waals surface area contributed by atoms with Crippen LogP contribution in [0.4, 0.5) is 4.79 Å². The van der Waals surface area contributed by atoms with E-state index in [-0.39, 0.29) is 25.5 Å². The summed E-state index contributed by atoms with van der Waals surface area (Å²) in [6.07, 6.45) is 0. The molecule has 0 aromatic heterocycles. The van der Waals surface area contributed by atoms with Crippen LogP contribution in [0, 0.1) is 0 Å². The Kier molecular flexibility index (Phi) is 5.25. The van der Waals surface area contributed by atoms with Gasteiger partial charge in [-0.15, -0.1) is 0 Å². The van der Waals surface area contributed by atoms with Crippen LogP contribution < -0.4 is 16.0 Å². The van der Waals surface area contributed by atoms with Crippen LogP contribution >= 0.6 is 0 Å². The molecule has 1 heterocycles. The number of hydrogen-bond acceptors (Lipinski definition) is 5. The van der Waals surface area contributed by atoms with Crippen LogP contribution in [0.2, 0.25) is 0 Å². The summed E-state index contributed by atoms with van der Waals surface area (Å²) in [4.78, 5) is 46.8. The van der Waals surface area contributed by atoms with Crippen molar-refractivity contribution in [2.45, 2.75) is 32.4 Å². The van der Waals surface area contributed by atoms with E-state index >= 15 is 0 Å². The van der Waals surface area contributed by atoms with Crippen LogP contribution in [0.3, 0.4) is 0 Å². The van der Waals surface area contributed by atoms with Crippen molar-refractivity contribution in [2.24, 2.45) is 0 Å². The number of rotatable bonds is 3. The largest absolute Gasteiger partial charge is 0.480 e. The van der Waals surface area contributed by atoms with E-state index in [1.807, 2.05) is 0 Å². The first-order valence-corrected chi connectivity index (χ1v) is 6.44. The van der Waals surface area contributed by atoms with E-state index in [1.165, 1.54) is 4.90 Å². The van der Waals surface area contributed by atoms with Crippen molar-refractivity contribution < 1.29 is 24.3 Å². The Morgan fingerprint density at radius 1 is 1.38 bits per heavy atom. The molecule has 1 aliphatic rings. The van der Waals surface area contributed by atoms with Gasteiger partial charge in [-0.05, 0) is 20.8 Å². The molecule has 4 N–H and O–H groups in total. The number of carbonyl (C=O) groups excluding carboxylic acids is 3. The number of nitrogens with zero attached hydrogens (tertiary/aromatic N) is 1. The van der Waals surface area contributed by atoms with Gasteiger partial charge in [-0.25, -0.2) is 4.79 Å². The van der Waals surface area contributed by atoms with Gasteiger partial charge in [0.15, 0.2) is 0 Å². The van der Waals surface area contributed by atoms with Gasteiger partial charge >= 0.3 is 12.0 Å². The number of carboxylic acid groups (broad SMARTS) is 1. The Balaban J connectivity index is 2.57. The number of urea groups is 1. The fourth-order valence-corrected chi connectivity index (χ4v) is 1.82. The summed E-state index contributed by atoms with van der Waals surface area (Å²) in [5, 5.41) is 16.1. The highest BCUT2D eigenvalue weighted by Gasteiger charge is 2.33.